The van der Waals surface area contributed by atoms with Gasteiger partial charge in [-0.25, -0.2) is 0 Å². The highest BCUT2D eigenvalue weighted by Crippen LogP contribution is 2.39. The Morgan fingerprint density at radius 1 is 0.870 bits per heavy atom. The lowest BCUT2D eigenvalue weighted by Gasteiger charge is -2.25. The standard InChI is InChI=1S/C21H22O2/c1-4-21(2,22)19-12-8-7-10-17(19)16-13-14-20(23-3)18-11-6-5-9-15(16)18/h5-14,22H,4H2,1-3H3. The summed E-state index contributed by atoms with van der Waals surface area (Å²) >= 11 is 0. The number of aliphatic hydroxyl groups is 1. The largest absolute Gasteiger partial charge is 0.496 e. The van der Waals surface area contributed by atoms with E-state index in [0.29, 0.717) is 6.42 Å². The molecule has 0 aliphatic rings. The van der Waals surface area contributed by atoms with E-state index in [-0.39, 0.29) is 0 Å². The van der Waals surface area contributed by atoms with Crippen molar-refractivity contribution < 1.29 is 9.84 Å². The van der Waals surface area contributed by atoms with E-state index in [2.05, 4.69) is 24.3 Å². The molecule has 0 bridgehead atoms. The van der Waals surface area contributed by atoms with Crippen molar-refractivity contribution in [1.29, 1.82) is 0 Å². The third-order valence-electron chi connectivity index (χ3n) is 4.59. The Morgan fingerprint density at radius 2 is 1.52 bits per heavy atom. The van der Waals surface area contributed by atoms with Gasteiger partial charge in [0.1, 0.15) is 5.75 Å². The first-order valence-electron chi connectivity index (χ1n) is 7.96. The molecule has 3 aromatic rings. The summed E-state index contributed by atoms with van der Waals surface area (Å²) in [5.74, 6) is 0.865. The van der Waals surface area contributed by atoms with Crippen molar-refractivity contribution in [3.05, 3.63) is 66.2 Å². The number of rotatable bonds is 4. The summed E-state index contributed by atoms with van der Waals surface area (Å²) in [6, 6.07) is 20.4. The molecule has 23 heavy (non-hydrogen) atoms. The highest BCUT2D eigenvalue weighted by Gasteiger charge is 2.24. The maximum absolute atomic E-state index is 10.8. The third kappa shape index (κ3) is 2.71. The van der Waals surface area contributed by atoms with Crippen LogP contribution in [0.3, 0.4) is 0 Å². The summed E-state index contributed by atoms with van der Waals surface area (Å²) in [6.45, 7) is 3.88. The molecule has 0 radical (unpaired) electrons. The number of fused-ring (bicyclic) bond motifs is 1. The van der Waals surface area contributed by atoms with Gasteiger partial charge in [-0.1, -0.05) is 61.5 Å². The van der Waals surface area contributed by atoms with E-state index < -0.39 is 5.60 Å². The zero-order valence-corrected chi connectivity index (χ0v) is 13.8. The van der Waals surface area contributed by atoms with Crippen LogP contribution in [-0.2, 0) is 5.60 Å². The van der Waals surface area contributed by atoms with Gasteiger partial charge in [0, 0.05) is 5.39 Å². The summed E-state index contributed by atoms with van der Waals surface area (Å²) in [5, 5.41) is 13.0. The van der Waals surface area contributed by atoms with Gasteiger partial charge < -0.3 is 9.84 Å². The number of hydrogen-bond acceptors (Lipinski definition) is 2. The minimum Gasteiger partial charge on any atom is -0.496 e. The zero-order chi connectivity index (χ0) is 16.4. The van der Waals surface area contributed by atoms with Gasteiger partial charge in [0.25, 0.3) is 0 Å². The maximum atomic E-state index is 10.8. The molecule has 0 aliphatic carbocycles. The van der Waals surface area contributed by atoms with Gasteiger partial charge in [-0.2, -0.15) is 0 Å². The highest BCUT2D eigenvalue weighted by atomic mass is 16.5. The minimum atomic E-state index is -0.850. The summed E-state index contributed by atoms with van der Waals surface area (Å²) in [4.78, 5) is 0. The van der Waals surface area contributed by atoms with Crippen LogP contribution in [0.5, 0.6) is 5.75 Å². The fourth-order valence-corrected chi connectivity index (χ4v) is 3.06. The van der Waals surface area contributed by atoms with Crippen molar-refractivity contribution in [2.75, 3.05) is 7.11 Å². The van der Waals surface area contributed by atoms with E-state index in [1.165, 1.54) is 0 Å². The highest BCUT2D eigenvalue weighted by molar-refractivity contribution is 6.00. The second-order valence-corrected chi connectivity index (χ2v) is 6.03. The molecular weight excluding hydrogens is 284 g/mol. The van der Waals surface area contributed by atoms with E-state index in [1.807, 2.05) is 50.2 Å². The number of hydrogen-bond donors (Lipinski definition) is 1. The van der Waals surface area contributed by atoms with Crippen LogP contribution in [0.15, 0.2) is 60.7 Å². The molecule has 1 unspecified atom stereocenters. The van der Waals surface area contributed by atoms with Crippen LogP contribution >= 0.6 is 0 Å². The Balaban J connectivity index is 2.31. The Morgan fingerprint density at radius 3 is 2.22 bits per heavy atom. The molecule has 0 saturated heterocycles. The molecule has 118 valence electrons. The molecule has 0 amide bonds. The van der Waals surface area contributed by atoms with Crippen LogP contribution in [0.25, 0.3) is 21.9 Å². The first-order valence-corrected chi connectivity index (χ1v) is 7.96. The first kappa shape index (κ1) is 15.6. The van der Waals surface area contributed by atoms with Crippen LogP contribution in [0, 0.1) is 0 Å². The fraction of sp³-hybridized carbons (Fsp3) is 0.238. The molecular formula is C21H22O2. The Bertz CT molecular complexity index is 834. The van der Waals surface area contributed by atoms with Crippen molar-refractivity contribution in [2.45, 2.75) is 25.9 Å². The summed E-state index contributed by atoms with van der Waals surface area (Å²) in [6.07, 6.45) is 0.665. The second-order valence-electron chi connectivity index (χ2n) is 6.03. The Kier molecular flexibility index (Phi) is 4.10. The quantitative estimate of drug-likeness (QED) is 0.724. The van der Waals surface area contributed by atoms with Gasteiger partial charge in [-0.15, -0.1) is 0 Å². The Hall–Kier alpha value is -2.32. The number of benzene rings is 3. The normalized spacial score (nSPS) is 13.7. The summed E-state index contributed by atoms with van der Waals surface area (Å²) in [5.41, 5.74) is 2.29. The average molecular weight is 306 g/mol. The molecule has 1 atom stereocenters. The first-order chi connectivity index (χ1) is 11.1. The van der Waals surface area contributed by atoms with Gasteiger partial charge in [0.2, 0.25) is 0 Å². The van der Waals surface area contributed by atoms with Crippen molar-refractivity contribution in [1.82, 2.24) is 0 Å². The van der Waals surface area contributed by atoms with Crippen LogP contribution in [0.4, 0.5) is 0 Å². The van der Waals surface area contributed by atoms with E-state index >= 15 is 0 Å². The lowest BCUT2D eigenvalue weighted by atomic mass is 9.85. The molecule has 0 aliphatic heterocycles. The van der Waals surface area contributed by atoms with Crippen molar-refractivity contribution in [3.8, 4) is 16.9 Å². The van der Waals surface area contributed by atoms with Crippen molar-refractivity contribution in [3.63, 3.8) is 0 Å². The van der Waals surface area contributed by atoms with Crippen molar-refractivity contribution >= 4 is 10.8 Å². The molecule has 2 nitrogen and oxygen atoms in total. The topological polar surface area (TPSA) is 29.5 Å². The van der Waals surface area contributed by atoms with Crippen LogP contribution < -0.4 is 4.74 Å². The molecule has 0 saturated carbocycles. The smallest absolute Gasteiger partial charge is 0.126 e. The third-order valence-corrected chi connectivity index (χ3v) is 4.59. The van der Waals surface area contributed by atoms with E-state index in [4.69, 9.17) is 4.74 Å². The molecule has 3 aromatic carbocycles. The molecule has 0 aromatic heterocycles. The van der Waals surface area contributed by atoms with Gasteiger partial charge in [-0.3, -0.25) is 0 Å². The minimum absolute atomic E-state index is 0.665. The van der Waals surface area contributed by atoms with Gasteiger partial charge in [-0.05, 0) is 41.5 Å². The molecule has 0 heterocycles. The van der Waals surface area contributed by atoms with Crippen LogP contribution in [0.2, 0.25) is 0 Å². The van der Waals surface area contributed by atoms with E-state index in [0.717, 1.165) is 33.2 Å². The molecule has 3 rings (SSSR count). The van der Waals surface area contributed by atoms with Gasteiger partial charge in [0.15, 0.2) is 0 Å². The van der Waals surface area contributed by atoms with Crippen molar-refractivity contribution in [2.24, 2.45) is 0 Å². The number of ether oxygens (including phenoxy) is 1. The SMILES string of the molecule is CCC(C)(O)c1ccccc1-c1ccc(OC)c2ccccc12. The molecule has 0 spiro atoms. The van der Waals surface area contributed by atoms with Crippen LogP contribution in [0.1, 0.15) is 25.8 Å². The summed E-state index contributed by atoms with van der Waals surface area (Å²) in [7, 11) is 1.69. The van der Waals surface area contributed by atoms with Crippen LogP contribution in [-0.4, -0.2) is 12.2 Å². The fourth-order valence-electron chi connectivity index (χ4n) is 3.06. The number of methoxy groups -OCH3 is 1. The van der Waals surface area contributed by atoms with E-state index in [1.54, 1.807) is 7.11 Å². The average Bonchev–Trinajstić information content (AvgIpc) is 2.60. The lowest BCUT2D eigenvalue weighted by molar-refractivity contribution is 0.0537. The Labute approximate surface area is 137 Å². The molecule has 0 fully saturated rings. The molecule has 1 N–H and O–H groups in total. The predicted molar refractivity (Wildman–Crippen MR) is 95.8 cm³/mol. The second kappa shape index (κ2) is 6.05. The molecule has 2 heteroatoms. The zero-order valence-electron chi connectivity index (χ0n) is 13.8. The van der Waals surface area contributed by atoms with Gasteiger partial charge >= 0.3 is 0 Å². The van der Waals surface area contributed by atoms with Gasteiger partial charge in [0.05, 0.1) is 12.7 Å². The lowest BCUT2D eigenvalue weighted by Crippen LogP contribution is -2.20. The predicted octanol–water partition coefficient (Wildman–Crippen LogP) is 5.13. The maximum Gasteiger partial charge on any atom is 0.126 e. The monoisotopic (exact) mass is 306 g/mol. The van der Waals surface area contributed by atoms with E-state index in [9.17, 15) is 5.11 Å². The summed E-state index contributed by atoms with van der Waals surface area (Å²) < 4.78 is 5.49.